The van der Waals surface area contributed by atoms with Crippen LogP contribution in [0.15, 0.2) is 4.90 Å². The highest BCUT2D eigenvalue weighted by Crippen LogP contribution is 2.22. The summed E-state index contributed by atoms with van der Waals surface area (Å²) in [6.07, 6.45) is 0. The molecular weight excluding hydrogens is 274 g/mol. The fraction of sp³-hybridized carbons (Fsp3) is 0.400. The molecule has 0 aliphatic heterocycles. The van der Waals surface area contributed by atoms with Crippen LogP contribution in [0.3, 0.4) is 0 Å². The Morgan fingerprint density at radius 2 is 1.89 bits per heavy atom. The first kappa shape index (κ1) is 15.2. The number of aromatic carboxylic acids is 1. The molecule has 4 N–H and O–H groups in total. The first-order chi connectivity index (χ1) is 8.70. The standard InChI is InChI=1S/C10H15N3O5S/c1-5-8(10(15)16)13-6(2)9(5)19(17,18)12-4-7(14)11-3/h12-13H,4H2,1-3H3,(H,11,14)(H,15,16). The maximum Gasteiger partial charge on any atom is 0.352 e. The fourth-order valence-electron chi connectivity index (χ4n) is 1.67. The van der Waals surface area contributed by atoms with Crippen LogP contribution in [0.2, 0.25) is 0 Å². The van der Waals surface area contributed by atoms with Crippen LogP contribution in [0.25, 0.3) is 0 Å². The number of nitrogens with one attached hydrogen (secondary N) is 3. The molecule has 0 radical (unpaired) electrons. The van der Waals surface area contributed by atoms with Crippen molar-refractivity contribution in [3.8, 4) is 0 Å². The summed E-state index contributed by atoms with van der Waals surface area (Å²) in [5.41, 5.74) is 0.131. The number of aromatic amines is 1. The normalized spacial score (nSPS) is 11.3. The number of carboxylic acids is 1. The summed E-state index contributed by atoms with van der Waals surface area (Å²) in [6, 6.07) is 0. The number of H-pyrrole nitrogens is 1. The molecule has 1 aromatic heterocycles. The molecule has 0 saturated carbocycles. The van der Waals surface area contributed by atoms with Gasteiger partial charge in [0.25, 0.3) is 0 Å². The highest BCUT2D eigenvalue weighted by Gasteiger charge is 2.26. The number of carboxylic acid groups (broad SMARTS) is 1. The molecule has 0 fully saturated rings. The van der Waals surface area contributed by atoms with Crippen LogP contribution in [0.5, 0.6) is 0 Å². The van der Waals surface area contributed by atoms with Crippen LogP contribution in [-0.2, 0) is 14.8 Å². The summed E-state index contributed by atoms with van der Waals surface area (Å²) in [4.78, 5) is 24.3. The second-order valence-electron chi connectivity index (χ2n) is 3.88. The molecule has 19 heavy (non-hydrogen) atoms. The molecule has 1 amide bonds. The largest absolute Gasteiger partial charge is 0.477 e. The quantitative estimate of drug-likeness (QED) is 0.573. The van der Waals surface area contributed by atoms with Gasteiger partial charge in [0.15, 0.2) is 0 Å². The average Bonchev–Trinajstić information content (AvgIpc) is 2.62. The van der Waals surface area contributed by atoms with Crippen molar-refractivity contribution >= 4 is 21.9 Å². The minimum absolute atomic E-state index is 0.106. The van der Waals surface area contributed by atoms with Gasteiger partial charge in [-0.2, -0.15) is 0 Å². The second kappa shape index (κ2) is 5.41. The van der Waals surface area contributed by atoms with E-state index in [-0.39, 0.29) is 21.8 Å². The Hall–Kier alpha value is -1.87. The zero-order valence-electron chi connectivity index (χ0n) is 10.7. The third-order valence-corrected chi connectivity index (χ3v) is 4.23. The van der Waals surface area contributed by atoms with E-state index >= 15 is 0 Å². The summed E-state index contributed by atoms with van der Waals surface area (Å²) < 4.78 is 26.2. The third kappa shape index (κ3) is 3.12. The smallest absolute Gasteiger partial charge is 0.352 e. The van der Waals surface area contributed by atoms with Crippen molar-refractivity contribution in [1.29, 1.82) is 0 Å². The van der Waals surface area contributed by atoms with Crippen LogP contribution in [0.4, 0.5) is 0 Å². The molecule has 0 saturated heterocycles. The number of carbonyl (C=O) groups excluding carboxylic acids is 1. The van der Waals surface area contributed by atoms with Gasteiger partial charge in [0.05, 0.1) is 6.54 Å². The molecule has 0 atom stereocenters. The average molecular weight is 289 g/mol. The predicted octanol–water partition coefficient (Wildman–Crippen LogP) is -0.646. The minimum Gasteiger partial charge on any atom is -0.477 e. The molecule has 0 bridgehead atoms. The molecule has 1 heterocycles. The Morgan fingerprint density at radius 3 is 2.32 bits per heavy atom. The minimum atomic E-state index is -3.94. The number of aromatic nitrogens is 1. The van der Waals surface area contributed by atoms with Gasteiger partial charge < -0.3 is 15.4 Å². The van der Waals surface area contributed by atoms with Gasteiger partial charge in [-0.3, -0.25) is 4.79 Å². The Balaban J connectivity index is 3.15. The third-order valence-electron chi connectivity index (χ3n) is 2.55. The second-order valence-corrected chi connectivity index (χ2v) is 5.59. The maximum absolute atomic E-state index is 12.0. The van der Waals surface area contributed by atoms with Crippen LogP contribution in [0.1, 0.15) is 21.7 Å². The molecule has 0 unspecified atom stereocenters. The lowest BCUT2D eigenvalue weighted by atomic mass is 10.2. The van der Waals surface area contributed by atoms with Crippen molar-refractivity contribution in [2.24, 2.45) is 0 Å². The van der Waals surface area contributed by atoms with Gasteiger partial charge in [-0.15, -0.1) is 0 Å². The van der Waals surface area contributed by atoms with E-state index < -0.39 is 28.4 Å². The molecule has 0 aromatic carbocycles. The van der Waals surface area contributed by atoms with Gasteiger partial charge in [0.1, 0.15) is 10.6 Å². The first-order valence-electron chi connectivity index (χ1n) is 5.33. The van der Waals surface area contributed by atoms with Gasteiger partial charge in [-0.25, -0.2) is 17.9 Å². The van der Waals surface area contributed by atoms with E-state index in [0.29, 0.717) is 0 Å². The Labute approximate surface area is 110 Å². The Kier molecular flexibility index (Phi) is 4.32. The molecule has 0 aliphatic carbocycles. The fourth-order valence-corrected chi connectivity index (χ4v) is 3.10. The van der Waals surface area contributed by atoms with E-state index in [1.807, 2.05) is 0 Å². The van der Waals surface area contributed by atoms with Crippen molar-refractivity contribution in [1.82, 2.24) is 15.0 Å². The number of hydrogen-bond acceptors (Lipinski definition) is 4. The van der Waals surface area contributed by atoms with Crippen molar-refractivity contribution in [2.45, 2.75) is 18.7 Å². The summed E-state index contributed by atoms with van der Waals surface area (Å²) in [7, 11) is -2.56. The van der Waals surface area contributed by atoms with E-state index in [0.717, 1.165) is 0 Å². The van der Waals surface area contributed by atoms with Crippen molar-refractivity contribution < 1.29 is 23.1 Å². The van der Waals surface area contributed by atoms with Crippen molar-refractivity contribution in [3.05, 3.63) is 17.0 Å². The number of aryl methyl sites for hydroxylation is 1. The van der Waals surface area contributed by atoms with Gasteiger partial charge in [0.2, 0.25) is 15.9 Å². The molecule has 0 spiro atoms. The number of sulfonamides is 1. The molecule has 1 aromatic rings. The summed E-state index contributed by atoms with van der Waals surface area (Å²) in [6.45, 7) is 2.43. The molecule has 1 rings (SSSR count). The van der Waals surface area contributed by atoms with E-state index in [1.54, 1.807) is 0 Å². The summed E-state index contributed by atoms with van der Waals surface area (Å²) >= 11 is 0. The predicted molar refractivity (Wildman–Crippen MR) is 66.5 cm³/mol. The van der Waals surface area contributed by atoms with Gasteiger partial charge in [-0.05, 0) is 13.8 Å². The first-order valence-corrected chi connectivity index (χ1v) is 6.81. The zero-order chi connectivity index (χ0) is 14.8. The monoisotopic (exact) mass is 289 g/mol. The SMILES string of the molecule is CNC(=O)CNS(=O)(=O)c1c(C)[nH]c(C(=O)O)c1C. The van der Waals surface area contributed by atoms with Crippen LogP contribution in [0, 0.1) is 13.8 Å². The van der Waals surface area contributed by atoms with Gasteiger partial charge in [0, 0.05) is 18.3 Å². The molecule has 106 valence electrons. The number of likely N-dealkylation sites (N-methyl/N-ethyl adjacent to an activating group) is 1. The highest BCUT2D eigenvalue weighted by molar-refractivity contribution is 7.89. The van der Waals surface area contributed by atoms with Crippen molar-refractivity contribution in [3.63, 3.8) is 0 Å². The van der Waals surface area contributed by atoms with E-state index in [2.05, 4.69) is 15.0 Å². The highest BCUT2D eigenvalue weighted by atomic mass is 32.2. The lowest BCUT2D eigenvalue weighted by molar-refractivity contribution is -0.119. The molecular formula is C10H15N3O5S. The van der Waals surface area contributed by atoms with Crippen LogP contribution in [-0.4, -0.2) is 44.0 Å². The lowest BCUT2D eigenvalue weighted by Gasteiger charge is -2.06. The van der Waals surface area contributed by atoms with Gasteiger partial charge >= 0.3 is 5.97 Å². The van der Waals surface area contributed by atoms with Gasteiger partial charge in [-0.1, -0.05) is 0 Å². The van der Waals surface area contributed by atoms with E-state index in [1.165, 1.54) is 20.9 Å². The Bertz CT molecular complexity index is 617. The Morgan fingerprint density at radius 1 is 1.32 bits per heavy atom. The number of amides is 1. The lowest BCUT2D eigenvalue weighted by Crippen LogP contribution is -2.35. The molecule has 8 nitrogen and oxygen atoms in total. The van der Waals surface area contributed by atoms with E-state index in [9.17, 15) is 18.0 Å². The summed E-state index contributed by atoms with van der Waals surface area (Å²) in [5, 5.41) is 11.2. The van der Waals surface area contributed by atoms with Crippen LogP contribution >= 0.6 is 0 Å². The maximum atomic E-state index is 12.0. The van der Waals surface area contributed by atoms with E-state index in [4.69, 9.17) is 5.11 Å². The number of carbonyl (C=O) groups is 2. The van der Waals surface area contributed by atoms with Crippen molar-refractivity contribution in [2.75, 3.05) is 13.6 Å². The molecule has 0 aliphatic rings. The number of rotatable bonds is 5. The zero-order valence-corrected chi connectivity index (χ0v) is 11.5. The molecule has 9 heteroatoms. The number of hydrogen-bond donors (Lipinski definition) is 4. The topological polar surface area (TPSA) is 128 Å². The van der Waals surface area contributed by atoms with Crippen LogP contribution < -0.4 is 10.0 Å². The summed E-state index contributed by atoms with van der Waals surface area (Å²) in [5.74, 6) is -1.73.